The monoisotopic (exact) mass is 324 g/mol. The molecule has 0 atom stereocenters. The van der Waals surface area contributed by atoms with Crippen molar-refractivity contribution in [2.75, 3.05) is 19.3 Å². The molecule has 0 saturated carbocycles. The van der Waals surface area contributed by atoms with Gasteiger partial charge >= 0.3 is 0 Å². The van der Waals surface area contributed by atoms with E-state index in [0.29, 0.717) is 18.7 Å². The molecule has 2 heterocycles. The maximum Gasteiger partial charge on any atom is 0.255 e. The molecular formula is C16H24N2O3S. The lowest BCUT2D eigenvalue weighted by atomic mass is 9.71. The molecule has 0 N–H and O–H groups in total. The Morgan fingerprint density at radius 3 is 2.09 bits per heavy atom. The molecule has 0 radical (unpaired) electrons. The average Bonchev–Trinajstić information content (AvgIpc) is 2.33. The van der Waals surface area contributed by atoms with E-state index < -0.39 is 9.84 Å². The first kappa shape index (κ1) is 16.9. The largest absolute Gasteiger partial charge is 0.338 e. The summed E-state index contributed by atoms with van der Waals surface area (Å²) in [4.78, 5) is 18.4. The van der Waals surface area contributed by atoms with Crippen LogP contribution in [0.2, 0.25) is 0 Å². The first-order valence-electron chi connectivity index (χ1n) is 7.35. The summed E-state index contributed by atoms with van der Waals surface area (Å²) in [5, 5.41) is -0.0108. The van der Waals surface area contributed by atoms with Gasteiger partial charge in [-0.1, -0.05) is 27.7 Å². The number of amides is 1. The van der Waals surface area contributed by atoms with Gasteiger partial charge in [-0.05, 0) is 29.4 Å². The van der Waals surface area contributed by atoms with E-state index in [0.717, 1.165) is 12.7 Å². The number of hydrogen-bond donors (Lipinski definition) is 0. The summed E-state index contributed by atoms with van der Waals surface area (Å²) in [6, 6.07) is 2.93. The van der Waals surface area contributed by atoms with Crippen LogP contribution >= 0.6 is 0 Å². The Morgan fingerprint density at radius 1 is 1.14 bits per heavy atom. The van der Waals surface area contributed by atoms with Gasteiger partial charge in [0.2, 0.25) is 0 Å². The van der Waals surface area contributed by atoms with Gasteiger partial charge in [-0.25, -0.2) is 13.4 Å². The lowest BCUT2D eigenvalue weighted by molar-refractivity contribution is 0.0227. The van der Waals surface area contributed by atoms with Crippen molar-refractivity contribution >= 4 is 15.7 Å². The van der Waals surface area contributed by atoms with E-state index in [1.165, 1.54) is 12.3 Å². The fraction of sp³-hybridized carbons (Fsp3) is 0.625. The van der Waals surface area contributed by atoms with Gasteiger partial charge in [0.25, 0.3) is 5.91 Å². The van der Waals surface area contributed by atoms with Crippen LogP contribution in [-0.2, 0) is 9.84 Å². The Morgan fingerprint density at radius 2 is 1.68 bits per heavy atom. The predicted molar refractivity (Wildman–Crippen MR) is 85.4 cm³/mol. The van der Waals surface area contributed by atoms with E-state index in [9.17, 15) is 13.2 Å². The smallest absolute Gasteiger partial charge is 0.255 e. The molecular weight excluding hydrogens is 300 g/mol. The van der Waals surface area contributed by atoms with Crippen LogP contribution in [0.4, 0.5) is 0 Å². The highest BCUT2D eigenvalue weighted by Gasteiger charge is 2.39. The van der Waals surface area contributed by atoms with Crippen LogP contribution in [0.5, 0.6) is 0 Å². The van der Waals surface area contributed by atoms with Crippen LogP contribution in [0.1, 0.15) is 44.5 Å². The van der Waals surface area contributed by atoms with Crippen LogP contribution in [0.15, 0.2) is 23.4 Å². The number of rotatable bonds is 2. The number of sulfone groups is 1. The maximum atomic E-state index is 12.7. The fourth-order valence-corrected chi connectivity index (χ4v) is 4.11. The average molecular weight is 324 g/mol. The summed E-state index contributed by atoms with van der Waals surface area (Å²) in [7, 11) is -3.34. The zero-order chi connectivity index (χ0) is 16.8. The van der Waals surface area contributed by atoms with Gasteiger partial charge in [-0.3, -0.25) is 4.79 Å². The number of likely N-dealkylation sites (tertiary alicyclic amines) is 1. The van der Waals surface area contributed by atoms with Crippen LogP contribution in [0.25, 0.3) is 0 Å². The summed E-state index contributed by atoms with van der Waals surface area (Å²) < 4.78 is 22.9. The van der Waals surface area contributed by atoms with Gasteiger partial charge < -0.3 is 4.90 Å². The molecule has 0 aliphatic carbocycles. The molecule has 0 aromatic carbocycles. The van der Waals surface area contributed by atoms with Crippen LogP contribution in [0, 0.1) is 10.8 Å². The zero-order valence-electron chi connectivity index (χ0n) is 13.9. The number of carbonyl (C=O) groups is 1. The molecule has 0 bridgehead atoms. The van der Waals surface area contributed by atoms with Gasteiger partial charge in [0.15, 0.2) is 14.9 Å². The highest BCUT2D eigenvalue weighted by atomic mass is 32.2. The Hall–Kier alpha value is -1.43. The fourth-order valence-electron chi connectivity index (χ4n) is 3.55. The molecule has 2 rings (SSSR count). The molecule has 1 saturated heterocycles. The van der Waals surface area contributed by atoms with Gasteiger partial charge in [0.05, 0.1) is 5.56 Å². The second-order valence-corrected chi connectivity index (χ2v) is 9.79. The minimum atomic E-state index is -3.34. The number of carbonyl (C=O) groups excluding carboxylic acids is 1. The molecule has 1 amide bonds. The molecule has 6 heteroatoms. The highest BCUT2D eigenvalue weighted by Crippen LogP contribution is 2.40. The van der Waals surface area contributed by atoms with Crippen LogP contribution < -0.4 is 0 Å². The van der Waals surface area contributed by atoms with Gasteiger partial charge in [-0.15, -0.1) is 0 Å². The molecule has 1 aliphatic heterocycles. The van der Waals surface area contributed by atoms with Gasteiger partial charge in [0.1, 0.15) is 0 Å². The highest BCUT2D eigenvalue weighted by molar-refractivity contribution is 7.90. The first-order valence-corrected chi connectivity index (χ1v) is 9.24. The zero-order valence-corrected chi connectivity index (χ0v) is 14.7. The molecule has 0 unspecified atom stereocenters. The molecule has 1 aromatic rings. The van der Waals surface area contributed by atoms with E-state index in [1.807, 2.05) is 4.90 Å². The Kier molecular flexibility index (Phi) is 4.11. The van der Waals surface area contributed by atoms with E-state index in [4.69, 9.17) is 0 Å². The van der Waals surface area contributed by atoms with Crippen molar-refractivity contribution < 1.29 is 13.2 Å². The number of pyridine rings is 1. The summed E-state index contributed by atoms with van der Waals surface area (Å²) in [6.07, 6.45) is 3.52. The Bertz CT molecular complexity index is 660. The van der Waals surface area contributed by atoms with Gasteiger partial charge in [0, 0.05) is 25.5 Å². The quantitative estimate of drug-likeness (QED) is 0.837. The SMILES string of the molecule is CC1(C)CN(C(=O)c2ccc(S(C)(=O)=O)nc2)CC(C)(C)C1. The molecule has 1 aromatic heterocycles. The second-order valence-electron chi connectivity index (χ2n) is 7.82. The third kappa shape index (κ3) is 3.85. The van der Waals surface area contributed by atoms with Crippen molar-refractivity contribution in [3.63, 3.8) is 0 Å². The van der Waals surface area contributed by atoms with Crippen LogP contribution in [-0.4, -0.2) is 43.6 Å². The van der Waals surface area contributed by atoms with Gasteiger partial charge in [-0.2, -0.15) is 0 Å². The number of nitrogens with zero attached hydrogens (tertiary/aromatic N) is 2. The Balaban J connectivity index is 2.24. The number of aromatic nitrogens is 1. The van der Waals surface area contributed by atoms with E-state index >= 15 is 0 Å². The predicted octanol–water partition coefficient (Wildman–Crippen LogP) is 2.38. The summed E-state index contributed by atoms with van der Waals surface area (Å²) in [6.45, 7) is 10.1. The lowest BCUT2D eigenvalue weighted by Crippen LogP contribution is -2.50. The first-order chi connectivity index (χ1) is 9.90. The van der Waals surface area contributed by atoms with Crippen molar-refractivity contribution in [3.8, 4) is 0 Å². The van der Waals surface area contributed by atoms with Crippen molar-refractivity contribution in [3.05, 3.63) is 23.9 Å². The van der Waals surface area contributed by atoms with Crippen molar-refractivity contribution in [2.24, 2.45) is 10.8 Å². The third-order valence-corrected chi connectivity index (χ3v) is 4.85. The lowest BCUT2D eigenvalue weighted by Gasteiger charge is -2.46. The summed E-state index contributed by atoms with van der Waals surface area (Å²) >= 11 is 0. The van der Waals surface area contributed by atoms with Crippen LogP contribution in [0.3, 0.4) is 0 Å². The Labute approximate surface area is 132 Å². The van der Waals surface area contributed by atoms with Crippen molar-refractivity contribution in [1.29, 1.82) is 0 Å². The molecule has 0 spiro atoms. The summed E-state index contributed by atoms with van der Waals surface area (Å²) in [5.41, 5.74) is 0.565. The molecule has 22 heavy (non-hydrogen) atoms. The second kappa shape index (κ2) is 5.33. The molecule has 1 aliphatic rings. The third-order valence-electron chi connectivity index (χ3n) is 3.85. The van der Waals surface area contributed by atoms with E-state index in [1.54, 1.807) is 6.07 Å². The summed E-state index contributed by atoms with van der Waals surface area (Å²) in [5.74, 6) is -0.0894. The van der Waals surface area contributed by atoms with E-state index in [-0.39, 0.29) is 21.8 Å². The standard InChI is InChI=1S/C16H24N2O3S/c1-15(2)9-16(3,4)11-18(10-15)14(19)12-6-7-13(17-8-12)22(5,20)21/h6-8H,9-11H2,1-5H3. The topological polar surface area (TPSA) is 67.3 Å². The molecule has 1 fully saturated rings. The number of hydrogen-bond acceptors (Lipinski definition) is 4. The molecule has 122 valence electrons. The minimum Gasteiger partial charge on any atom is -0.338 e. The van der Waals surface area contributed by atoms with Crippen molar-refractivity contribution in [1.82, 2.24) is 9.88 Å². The normalized spacial score (nSPS) is 20.7. The van der Waals surface area contributed by atoms with E-state index in [2.05, 4.69) is 32.7 Å². The number of piperidine rings is 1. The minimum absolute atomic E-state index is 0.0108. The maximum absolute atomic E-state index is 12.7. The molecule has 5 nitrogen and oxygen atoms in total. The van der Waals surface area contributed by atoms with Crippen molar-refractivity contribution in [2.45, 2.75) is 39.1 Å².